The van der Waals surface area contributed by atoms with Crippen molar-refractivity contribution < 1.29 is 18.8 Å². The average molecular weight is 402 g/mol. The minimum atomic E-state index is -0.965. The first-order valence-corrected chi connectivity index (χ1v) is 9.75. The average Bonchev–Trinajstić information content (AvgIpc) is 3.26. The van der Waals surface area contributed by atoms with Gasteiger partial charge in [0.05, 0.1) is 17.4 Å². The Balaban J connectivity index is 1.59. The van der Waals surface area contributed by atoms with E-state index in [-0.39, 0.29) is 5.91 Å². The molecule has 2 amide bonds. The minimum absolute atomic E-state index is 0.346. The molecule has 0 aromatic heterocycles. The van der Waals surface area contributed by atoms with Crippen molar-refractivity contribution in [2.75, 3.05) is 9.96 Å². The van der Waals surface area contributed by atoms with Gasteiger partial charge >= 0.3 is 0 Å². The molecule has 3 aromatic carbocycles. The van der Waals surface area contributed by atoms with Crippen LogP contribution >= 0.6 is 0 Å². The molecular formula is C24H19FN2O3. The van der Waals surface area contributed by atoms with Gasteiger partial charge in [0.15, 0.2) is 6.10 Å². The molecule has 0 unspecified atom stereocenters. The van der Waals surface area contributed by atoms with E-state index in [9.17, 15) is 14.0 Å². The second-order valence-corrected chi connectivity index (χ2v) is 7.56. The molecule has 2 aliphatic heterocycles. The molecule has 0 spiro atoms. The number of rotatable bonds is 3. The number of amides is 2. The quantitative estimate of drug-likeness (QED) is 0.617. The summed E-state index contributed by atoms with van der Waals surface area (Å²) < 4.78 is 14.0. The van der Waals surface area contributed by atoms with E-state index in [1.165, 1.54) is 17.0 Å². The van der Waals surface area contributed by atoms with Crippen molar-refractivity contribution in [1.29, 1.82) is 0 Å². The van der Waals surface area contributed by atoms with Crippen LogP contribution in [0.5, 0.6) is 0 Å². The lowest BCUT2D eigenvalue weighted by Crippen LogP contribution is -2.37. The number of anilines is 2. The van der Waals surface area contributed by atoms with Crippen LogP contribution < -0.4 is 9.96 Å². The zero-order chi connectivity index (χ0) is 20.8. The fourth-order valence-electron chi connectivity index (χ4n) is 4.19. The van der Waals surface area contributed by atoms with Crippen LogP contribution in [0.2, 0.25) is 0 Å². The molecule has 0 saturated carbocycles. The van der Waals surface area contributed by atoms with Gasteiger partial charge in [0.1, 0.15) is 11.7 Å². The number of hydroxylamine groups is 1. The topological polar surface area (TPSA) is 49.9 Å². The maximum Gasteiger partial charge on any atom is 0.266 e. The third-order valence-corrected chi connectivity index (χ3v) is 5.61. The maximum atomic E-state index is 14.0. The summed E-state index contributed by atoms with van der Waals surface area (Å²) in [5.74, 6) is -1.94. The van der Waals surface area contributed by atoms with E-state index in [0.29, 0.717) is 16.9 Å². The molecule has 5 rings (SSSR count). The number of para-hydroxylation sites is 1. The summed E-state index contributed by atoms with van der Waals surface area (Å²) in [6, 6.07) is 21.9. The molecule has 5 nitrogen and oxygen atoms in total. The van der Waals surface area contributed by atoms with E-state index in [1.54, 1.807) is 29.3 Å². The molecule has 6 heteroatoms. The molecule has 3 atom stereocenters. The van der Waals surface area contributed by atoms with Crippen molar-refractivity contribution in [1.82, 2.24) is 0 Å². The molecule has 2 heterocycles. The second-order valence-electron chi connectivity index (χ2n) is 7.56. The van der Waals surface area contributed by atoms with Gasteiger partial charge in [0.2, 0.25) is 5.91 Å². The molecule has 30 heavy (non-hydrogen) atoms. The third-order valence-electron chi connectivity index (χ3n) is 5.61. The van der Waals surface area contributed by atoms with Crippen LogP contribution in [-0.2, 0) is 14.4 Å². The molecule has 0 N–H and O–H groups in total. The molecular weight excluding hydrogens is 383 g/mol. The van der Waals surface area contributed by atoms with Crippen LogP contribution in [0.3, 0.4) is 0 Å². The number of hydrogen-bond acceptors (Lipinski definition) is 4. The first-order valence-electron chi connectivity index (χ1n) is 9.75. The van der Waals surface area contributed by atoms with Gasteiger partial charge in [0, 0.05) is 0 Å². The Kier molecular flexibility index (Phi) is 4.37. The molecule has 2 saturated heterocycles. The number of carbonyl (C=O) groups excluding carboxylic acids is 2. The summed E-state index contributed by atoms with van der Waals surface area (Å²) >= 11 is 0. The predicted octanol–water partition coefficient (Wildman–Crippen LogP) is 4.19. The predicted molar refractivity (Wildman–Crippen MR) is 110 cm³/mol. The highest BCUT2D eigenvalue weighted by Crippen LogP contribution is 2.47. The van der Waals surface area contributed by atoms with E-state index in [4.69, 9.17) is 4.84 Å². The van der Waals surface area contributed by atoms with Crippen molar-refractivity contribution in [3.63, 3.8) is 0 Å². The Bertz CT molecular complexity index is 1120. The first kappa shape index (κ1) is 18.5. The number of aryl methyl sites for hydroxylation is 1. The van der Waals surface area contributed by atoms with Gasteiger partial charge in [-0.15, -0.1) is 0 Å². The number of nitrogens with zero attached hydrogens (tertiary/aromatic N) is 2. The number of carbonyl (C=O) groups is 2. The van der Waals surface area contributed by atoms with Crippen LogP contribution in [-0.4, -0.2) is 17.9 Å². The van der Waals surface area contributed by atoms with Gasteiger partial charge in [-0.05, 0) is 48.9 Å². The van der Waals surface area contributed by atoms with E-state index >= 15 is 0 Å². The smallest absolute Gasteiger partial charge is 0.266 e. The fraction of sp³-hybridized carbons (Fsp3) is 0.167. The SMILES string of the molecule is Cc1ccc(N2C(=O)[C@H]3[C@@H](ON(c4ccccc4)[C@H]3c3cccc(F)c3)C2=O)cc1. The number of hydrogen-bond donors (Lipinski definition) is 0. The molecule has 2 fully saturated rings. The van der Waals surface area contributed by atoms with Crippen LogP contribution in [0.25, 0.3) is 0 Å². The van der Waals surface area contributed by atoms with Gasteiger partial charge in [-0.1, -0.05) is 48.0 Å². The highest BCUT2D eigenvalue weighted by Gasteiger charge is 2.60. The van der Waals surface area contributed by atoms with Crippen molar-refractivity contribution in [3.05, 3.63) is 95.8 Å². The Hall–Kier alpha value is -3.51. The Morgan fingerprint density at radius 1 is 0.833 bits per heavy atom. The lowest BCUT2D eigenvalue weighted by atomic mass is 9.90. The van der Waals surface area contributed by atoms with Crippen LogP contribution in [0.1, 0.15) is 17.2 Å². The number of halogens is 1. The van der Waals surface area contributed by atoms with Gasteiger partial charge in [-0.2, -0.15) is 0 Å². The lowest BCUT2D eigenvalue weighted by molar-refractivity contribution is -0.126. The summed E-state index contributed by atoms with van der Waals surface area (Å²) in [5.41, 5.74) is 2.82. The van der Waals surface area contributed by atoms with Crippen molar-refractivity contribution in [2.45, 2.75) is 19.1 Å². The third kappa shape index (κ3) is 2.88. The summed E-state index contributed by atoms with van der Waals surface area (Å²) in [7, 11) is 0. The Morgan fingerprint density at radius 2 is 1.57 bits per heavy atom. The van der Waals surface area contributed by atoms with E-state index in [1.807, 2.05) is 49.4 Å². The molecule has 0 aliphatic carbocycles. The Labute approximate surface area is 173 Å². The number of benzene rings is 3. The summed E-state index contributed by atoms with van der Waals surface area (Å²) in [5, 5.41) is 1.56. The number of fused-ring (bicyclic) bond motifs is 1. The van der Waals surface area contributed by atoms with E-state index in [2.05, 4.69) is 0 Å². The van der Waals surface area contributed by atoms with Gasteiger partial charge in [0.25, 0.3) is 5.91 Å². The first-order chi connectivity index (χ1) is 14.5. The number of imide groups is 1. The summed E-state index contributed by atoms with van der Waals surface area (Å²) in [6.45, 7) is 1.94. The van der Waals surface area contributed by atoms with Crippen LogP contribution in [0.4, 0.5) is 15.8 Å². The molecule has 150 valence electrons. The molecule has 3 aromatic rings. The molecule has 0 bridgehead atoms. The summed E-state index contributed by atoms with van der Waals surface area (Å²) in [6.07, 6.45) is -0.965. The highest BCUT2D eigenvalue weighted by molar-refractivity contribution is 6.23. The van der Waals surface area contributed by atoms with Crippen molar-refractivity contribution in [3.8, 4) is 0 Å². The Morgan fingerprint density at radius 3 is 2.27 bits per heavy atom. The van der Waals surface area contributed by atoms with E-state index in [0.717, 1.165) is 5.56 Å². The summed E-state index contributed by atoms with van der Waals surface area (Å²) in [4.78, 5) is 33.8. The van der Waals surface area contributed by atoms with Crippen molar-refractivity contribution in [2.24, 2.45) is 5.92 Å². The van der Waals surface area contributed by atoms with Gasteiger partial charge in [-0.25, -0.2) is 14.4 Å². The van der Waals surface area contributed by atoms with Gasteiger partial charge in [-0.3, -0.25) is 14.4 Å². The van der Waals surface area contributed by atoms with E-state index < -0.39 is 29.8 Å². The zero-order valence-corrected chi connectivity index (χ0v) is 16.2. The highest BCUT2D eigenvalue weighted by atomic mass is 19.1. The fourth-order valence-corrected chi connectivity index (χ4v) is 4.19. The molecule has 2 aliphatic rings. The maximum absolute atomic E-state index is 14.0. The monoisotopic (exact) mass is 402 g/mol. The largest absolute Gasteiger partial charge is 0.273 e. The minimum Gasteiger partial charge on any atom is -0.273 e. The second kappa shape index (κ2) is 7.07. The lowest BCUT2D eigenvalue weighted by Gasteiger charge is -2.28. The van der Waals surface area contributed by atoms with Crippen LogP contribution in [0.15, 0.2) is 78.9 Å². The van der Waals surface area contributed by atoms with Gasteiger partial charge < -0.3 is 0 Å². The molecule has 0 radical (unpaired) electrons. The van der Waals surface area contributed by atoms with Crippen molar-refractivity contribution >= 4 is 23.2 Å². The zero-order valence-electron chi connectivity index (χ0n) is 16.2. The standard InChI is InChI=1S/C24H19FN2O3/c1-15-10-12-18(13-11-15)26-23(28)20-21(16-6-5-7-17(25)14-16)27(30-22(20)24(26)29)19-8-3-2-4-9-19/h2-14,20-22H,1H3/t20-,21+,22-/m1/s1. The van der Waals surface area contributed by atoms with Crippen LogP contribution in [0, 0.1) is 18.7 Å². The normalized spacial score (nSPS) is 23.2.